The van der Waals surface area contributed by atoms with Gasteiger partial charge in [0.25, 0.3) is 0 Å². The van der Waals surface area contributed by atoms with Crippen LogP contribution in [0.25, 0.3) is 5.69 Å². The number of hydrogen-bond acceptors (Lipinski definition) is 3. The largest absolute Gasteiger partial charge is 0.416 e. The number of guanidine groups is 1. The van der Waals surface area contributed by atoms with Gasteiger partial charge < -0.3 is 15.0 Å². The second-order valence-electron chi connectivity index (χ2n) is 8.82. The number of nitrogens with zero attached hydrogens (tertiary/aromatic N) is 4. The van der Waals surface area contributed by atoms with E-state index in [1.54, 1.807) is 6.07 Å². The molecule has 2 aromatic rings. The van der Waals surface area contributed by atoms with E-state index in [2.05, 4.69) is 20.3 Å². The van der Waals surface area contributed by atoms with Gasteiger partial charge in [-0.3, -0.25) is 0 Å². The van der Waals surface area contributed by atoms with E-state index >= 15 is 0 Å². The van der Waals surface area contributed by atoms with Crippen molar-refractivity contribution in [3.63, 3.8) is 0 Å². The van der Waals surface area contributed by atoms with Crippen LogP contribution in [-0.2, 0) is 17.5 Å². The van der Waals surface area contributed by atoms with E-state index in [9.17, 15) is 13.2 Å². The van der Waals surface area contributed by atoms with E-state index in [-0.39, 0.29) is 17.5 Å². The molecular formula is C23H30F3N5O. The SMILES string of the molecule is CCNC(=NCc1ccc(-n2nc(C)cc2C)cc1C(F)(F)F)N1CCC2(CCOC2)C1. The predicted molar refractivity (Wildman–Crippen MR) is 117 cm³/mol. The average molecular weight is 450 g/mol. The zero-order valence-corrected chi connectivity index (χ0v) is 18.8. The summed E-state index contributed by atoms with van der Waals surface area (Å²) in [4.78, 5) is 6.74. The Morgan fingerprint density at radius 3 is 2.69 bits per heavy atom. The Labute approximate surface area is 186 Å². The molecule has 0 aliphatic carbocycles. The monoisotopic (exact) mass is 449 g/mol. The first-order chi connectivity index (χ1) is 15.2. The maximum absolute atomic E-state index is 13.9. The molecule has 4 rings (SSSR count). The number of aromatic nitrogens is 2. The summed E-state index contributed by atoms with van der Waals surface area (Å²) in [5.74, 6) is 0.659. The minimum Gasteiger partial charge on any atom is -0.381 e. The van der Waals surface area contributed by atoms with Gasteiger partial charge in [-0.1, -0.05) is 6.07 Å². The van der Waals surface area contributed by atoms with E-state index < -0.39 is 11.7 Å². The summed E-state index contributed by atoms with van der Waals surface area (Å²) in [5.41, 5.74) is 1.56. The molecule has 0 radical (unpaired) electrons. The Morgan fingerprint density at radius 2 is 2.06 bits per heavy atom. The molecule has 0 bridgehead atoms. The van der Waals surface area contributed by atoms with Crippen molar-refractivity contribution >= 4 is 5.96 Å². The van der Waals surface area contributed by atoms with Crippen molar-refractivity contribution in [3.05, 3.63) is 46.8 Å². The van der Waals surface area contributed by atoms with Crippen molar-refractivity contribution < 1.29 is 17.9 Å². The quantitative estimate of drug-likeness (QED) is 0.565. The number of ether oxygens (including phenoxy) is 1. The molecule has 1 atom stereocenters. The van der Waals surface area contributed by atoms with Gasteiger partial charge in [0, 0.05) is 37.4 Å². The normalized spacial score (nSPS) is 21.7. The van der Waals surface area contributed by atoms with E-state index in [1.165, 1.54) is 10.7 Å². The third-order valence-electron chi connectivity index (χ3n) is 6.31. The Kier molecular flexibility index (Phi) is 6.20. The van der Waals surface area contributed by atoms with E-state index in [0.717, 1.165) is 56.6 Å². The summed E-state index contributed by atoms with van der Waals surface area (Å²) in [6.07, 6.45) is -2.44. The Bertz CT molecular complexity index is 992. The number of halogens is 3. The molecule has 1 N–H and O–H groups in total. The van der Waals surface area contributed by atoms with Crippen LogP contribution in [0.1, 0.15) is 42.3 Å². The number of aryl methyl sites for hydroxylation is 2. The van der Waals surface area contributed by atoms with Gasteiger partial charge in [0.2, 0.25) is 0 Å². The maximum atomic E-state index is 13.9. The number of rotatable bonds is 4. The van der Waals surface area contributed by atoms with Gasteiger partial charge in [-0.2, -0.15) is 18.3 Å². The molecule has 32 heavy (non-hydrogen) atoms. The van der Waals surface area contributed by atoms with Crippen LogP contribution in [0, 0.1) is 19.3 Å². The van der Waals surface area contributed by atoms with Crippen molar-refractivity contribution in [3.8, 4) is 5.69 Å². The van der Waals surface area contributed by atoms with Crippen molar-refractivity contribution in [1.29, 1.82) is 0 Å². The summed E-state index contributed by atoms with van der Waals surface area (Å²) >= 11 is 0. The van der Waals surface area contributed by atoms with E-state index in [1.807, 2.05) is 26.8 Å². The number of hydrogen-bond donors (Lipinski definition) is 1. The molecule has 0 saturated carbocycles. The summed E-state index contributed by atoms with van der Waals surface area (Å²) in [6, 6.07) is 6.19. The lowest BCUT2D eigenvalue weighted by atomic mass is 9.87. The van der Waals surface area contributed by atoms with Gasteiger partial charge in [0.1, 0.15) is 0 Å². The minimum atomic E-state index is -4.48. The number of nitrogens with one attached hydrogen (secondary N) is 1. The molecule has 6 nitrogen and oxygen atoms in total. The Morgan fingerprint density at radius 1 is 1.25 bits per heavy atom. The first kappa shape index (κ1) is 22.6. The fourth-order valence-corrected chi connectivity index (χ4v) is 4.66. The number of aliphatic imine (C=N–C) groups is 1. The average Bonchev–Trinajstić information content (AvgIpc) is 3.46. The van der Waals surface area contributed by atoms with Crippen LogP contribution in [-0.4, -0.2) is 53.5 Å². The Hall–Kier alpha value is -2.55. The van der Waals surface area contributed by atoms with Gasteiger partial charge in [0.15, 0.2) is 5.96 Å². The fourth-order valence-electron chi connectivity index (χ4n) is 4.66. The molecule has 2 saturated heterocycles. The molecular weight excluding hydrogens is 419 g/mol. The topological polar surface area (TPSA) is 54.7 Å². The molecule has 3 heterocycles. The highest BCUT2D eigenvalue weighted by Gasteiger charge is 2.42. The van der Waals surface area contributed by atoms with Gasteiger partial charge in [-0.05, 0) is 57.4 Å². The van der Waals surface area contributed by atoms with Crippen LogP contribution in [0.2, 0.25) is 0 Å². The van der Waals surface area contributed by atoms with Crippen LogP contribution in [0.5, 0.6) is 0 Å². The molecule has 0 amide bonds. The molecule has 1 aromatic carbocycles. The molecule has 2 fully saturated rings. The van der Waals surface area contributed by atoms with Crippen LogP contribution >= 0.6 is 0 Å². The number of likely N-dealkylation sites (tertiary alicyclic amines) is 1. The highest BCUT2D eigenvalue weighted by molar-refractivity contribution is 5.80. The van der Waals surface area contributed by atoms with Gasteiger partial charge in [0.05, 0.1) is 30.1 Å². The highest BCUT2D eigenvalue weighted by Crippen LogP contribution is 2.38. The third kappa shape index (κ3) is 4.62. The van der Waals surface area contributed by atoms with Crippen LogP contribution in [0.15, 0.2) is 29.3 Å². The lowest BCUT2D eigenvalue weighted by Crippen LogP contribution is -2.41. The van der Waals surface area contributed by atoms with Crippen LogP contribution in [0.3, 0.4) is 0 Å². The molecule has 1 unspecified atom stereocenters. The highest BCUT2D eigenvalue weighted by atomic mass is 19.4. The summed E-state index contributed by atoms with van der Waals surface area (Å²) in [6.45, 7) is 9.39. The summed E-state index contributed by atoms with van der Waals surface area (Å²) < 4.78 is 48.8. The second kappa shape index (κ2) is 8.77. The molecule has 1 spiro atoms. The summed E-state index contributed by atoms with van der Waals surface area (Å²) in [5, 5.41) is 7.56. The minimum absolute atomic E-state index is 0.0470. The molecule has 1 aromatic heterocycles. The van der Waals surface area contributed by atoms with Gasteiger partial charge >= 0.3 is 6.18 Å². The van der Waals surface area contributed by atoms with Crippen molar-refractivity contribution in [1.82, 2.24) is 20.0 Å². The van der Waals surface area contributed by atoms with Crippen LogP contribution in [0.4, 0.5) is 13.2 Å². The first-order valence-corrected chi connectivity index (χ1v) is 11.1. The standard InChI is InChI=1S/C23H30F3N5O/c1-4-27-21(30-9-7-22(14-30)8-10-32-15-22)28-13-18-5-6-19(12-20(18)23(24,25)26)31-17(3)11-16(2)29-31/h5-6,11-12H,4,7-10,13-15H2,1-3H3,(H,27,28). The number of alkyl halides is 3. The first-order valence-electron chi connectivity index (χ1n) is 11.1. The second-order valence-corrected chi connectivity index (χ2v) is 8.82. The lowest BCUT2D eigenvalue weighted by molar-refractivity contribution is -0.138. The molecule has 2 aliphatic rings. The Balaban J connectivity index is 1.60. The number of benzene rings is 1. The van der Waals surface area contributed by atoms with E-state index in [0.29, 0.717) is 18.2 Å². The lowest BCUT2D eigenvalue weighted by Gasteiger charge is -2.25. The van der Waals surface area contributed by atoms with Crippen molar-refractivity contribution in [2.24, 2.45) is 10.4 Å². The zero-order chi connectivity index (χ0) is 22.9. The van der Waals surface area contributed by atoms with Crippen molar-refractivity contribution in [2.75, 3.05) is 32.8 Å². The van der Waals surface area contributed by atoms with E-state index in [4.69, 9.17) is 4.74 Å². The van der Waals surface area contributed by atoms with Gasteiger partial charge in [-0.15, -0.1) is 0 Å². The molecule has 2 aliphatic heterocycles. The third-order valence-corrected chi connectivity index (χ3v) is 6.31. The molecule has 174 valence electrons. The zero-order valence-electron chi connectivity index (χ0n) is 18.8. The predicted octanol–water partition coefficient (Wildman–Crippen LogP) is 4.09. The van der Waals surface area contributed by atoms with Crippen LogP contribution < -0.4 is 5.32 Å². The van der Waals surface area contributed by atoms with Gasteiger partial charge in [-0.25, -0.2) is 9.67 Å². The fraction of sp³-hybridized carbons (Fsp3) is 0.565. The molecule has 9 heteroatoms. The maximum Gasteiger partial charge on any atom is 0.416 e. The van der Waals surface area contributed by atoms with Crippen molar-refractivity contribution in [2.45, 2.75) is 46.3 Å². The summed E-state index contributed by atoms with van der Waals surface area (Å²) in [7, 11) is 0. The smallest absolute Gasteiger partial charge is 0.381 e.